The molecule has 20 heavy (non-hydrogen) atoms. The SMILES string of the molecule is NCCCN(Cc1ccccc1)S(=O)(=O)c1cnc[nH]1. The molecule has 6 nitrogen and oxygen atoms in total. The van der Waals surface area contributed by atoms with Crippen LogP contribution in [-0.2, 0) is 16.6 Å². The third-order valence-electron chi connectivity index (χ3n) is 2.90. The molecular formula is C13H18N4O2S. The average molecular weight is 294 g/mol. The number of nitrogens with one attached hydrogen (secondary N) is 1. The van der Waals surface area contributed by atoms with Gasteiger partial charge >= 0.3 is 0 Å². The first-order chi connectivity index (χ1) is 9.64. The number of nitrogens with two attached hydrogens (primary N) is 1. The number of hydrogen-bond donors (Lipinski definition) is 2. The minimum absolute atomic E-state index is 0.102. The molecule has 0 unspecified atom stereocenters. The Bertz CT molecular complexity index is 611. The van der Waals surface area contributed by atoms with E-state index in [1.165, 1.54) is 16.8 Å². The largest absolute Gasteiger partial charge is 0.335 e. The Balaban J connectivity index is 2.23. The molecule has 0 radical (unpaired) electrons. The van der Waals surface area contributed by atoms with Crippen molar-refractivity contribution in [3.8, 4) is 0 Å². The van der Waals surface area contributed by atoms with Crippen molar-refractivity contribution < 1.29 is 8.42 Å². The Morgan fingerprint density at radius 1 is 1.25 bits per heavy atom. The van der Waals surface area contributed by atoms with Gasteiger partial charge in [0.1, 0.15) is 0 Å². The highest BCUT2D eigenvalue weighted by atomic mass is 32.2. The van der Waals surface area contributed by atoms with Gasteiger partial charge in [0.05, 0.1) is 12.5 Å². The number of aromatic amines is 1. The first-order valence-electron chi connectivity index (χ1n) is 6.37. The minimum atomic E-state index is -3.57. The third-order valence-corrected chi connectivity index (χ3v) is 4.67. The van der Waals surface area contributed by atoms with Gasteiger partial charge in [-0.25, -0.2) is 13.4 Å². The van der Waals surface area contributed by atoms with Gasteiger partial charge in [0.2, 0.25) is 0 Å². The average Bonchev–Trinajstić information content (AvgIpc) is 2.99. The maximum absolute atomic E-state index is 12.5. The zero-order chi connectivity index (χ0) is 14.4. The van der Waals surface area contributed by atoms with Gasteiger partial charge in [-0.15, -0.1) is 0 Å². The van der Waals surface area contributed by atoms with Crippen LogP contribution in [0.3, 0.4) is 0 Å². The van der Waals surface area contributed by atoms with E-state index < -0.39 is 10.0 Å². The molecule has 0 saturated carbocycles. The molecule has 0 bridgehead atoms. The Morgan fingerprint density at radius 3 is 2.60 bits per heavy atom. The molecule has 0 aliphatic heterocycles. The quantitative estimate of drug-likeness (QED) is 0.795. The third kappa shape index (κ3) is 3.44. The Kier molecular flexibility index (Phi) is 4.89. The van der Waals surface area contributed by atoms with E-state index in [0.29, 0.717) is 26.1 Å². The number of aromatic nitrogens is 2. The number of H-pyrrole nitrogens is 1. The molecule has 0 amide bonds. The Labute approximate surface area is 118 Å². The molecule has 7 heteroatoms. The highest BCUT2D eigenvalue weighted by Gasteiger charge is 2.25. The van der Waals surface area contributed by atoms with Crippen LogP contribution in [0.5, 0.6) is 0 Å². The molecule has 0 fully saturated rings. The standard InChI is InChI=1S/C13H18N4O2S/c14-7-4-8-17(10-12-5-2-1-3-6-12)20(18,19)13-9-15-11-16-13/h1-3,5-6,9,11H,4,7-8,10,14H2,(H,15,16). The highest BCUT2D eigenvalue weighted by molar-refractivity contribution is 7.89. The van der Waals surface area contributed by atoms with Gasteiger partial charge in [0.25, 0.3) is 10.0 Å². The second kappa shape index (κ2) is 6.65. The molecule has 1 aromatic heterocycles. The van der Waals surface area contributed by atoms with Crippen LogP contribution in [0, 0.1) is 0 Å². The molecule has 108 valence electrons. The number of hydrogen-bond acceptors (Lipinski definition) is 4. The summed E-state index contributed by atoms with van der Waals surface area (Å²) in [6.07, 6.45) is 3.28. The van der Waals surface area contributed by atoms with E-state index in [1.807, 2.05) is 30.3 Å². The van der Waals surface area contributed by atoms with Crippen molar-refractivity contribution >= 4 is 10.0 Å². The van der Waals surface area contributed by atoms with Gasteiger partial charge in [0.15, 0.2) is 5.03 Å². The summed E-state index contributed by atoms with van der Waals surface area (Å²) >= 11 is 0. The summed E-state index contributed by atoms with van der Waals surface area (Å²) < 4.78 is 26.5. The van der Waals surface area contributed by atoms with E-state index in [1.54, 1.807) is 0 Å². The molecule has 0 spiro atoms. The Morgan fingerprint density at radius 2 is 2.00 bits per heavy atom. The lowest BCUT2D eigenvalue weighted by Crippen LogP contribution is -2.32. The van der Waals surface area contributed by atoms with Gasteiger partial charge in [-0.3, -0.25) is 0 Å². The van der Waals surface area contributed by atoms with Crippen molar-refractivity contribution in [1.29, 1.82) is 0 Å². The monoisotopic (exact) mass is 294 g/mol. The maximum Gasteiger partial charge on any atom is 0.260 e. The summed E-state index contributed by atoms with van der Waals surface area (Å²) in [5, 5.41) is 0.102. The van der Waals surface area contributed by atoms with Crippen LogP contribution in [-0.4, -0.2) is 35.8 Å². The van der Waals surface area contributed by atoms with Crippen LogP contribution in [0.2, 0.25) is 0 Å². The first-order valence-corrected chi connectivity index (χ1v) is 7.81. The molecule has 2 aromatic rings. The number of nitrogens with zero attached hydrogens (tertiary/aromatic N) is 2. The van der Waals surface area contributed by atoms with Gasteiger partial charge in [-0.05, 0) is 18.5 Å². The fraction of sp³-hybridized carbons (Fsp3) is 0.308. The van der Waals surface area contributed by atoms with Crippen molar-refractivity contribution in [3.05, 3.63) is 48.4 Å². The molecule has 1 aromatic carbocycles. The van der Waals surface area contributed by atoms with E-state index in [9.17, 15) is 8.42 Å². The summed E-state index contributed by atoms with van der Waals surface area (Å²) in [5.74, 6) is 0. The summed E-state index contributed by atoms with van der Waals surface area (Å²) in [6.45, 7) is 1.15. The highest BCUT2D eigenvalue weighted by Crippen LogP contribution is 2.16. The van der Waals surface area contributed by atoms with E-state index in [0.717, 1.165) is 5.56 Å². The lowest BCUT2D eigenvalue weighted by atomic mass is 10.2. The summed E-state index contributed by atoms with van der Waals surface area (Å²) in [4.78, 5) is 6.42. The van der Waals surface area contributed by atoms with Gasteiger partial charge in [-0.1, -0.05) is 30.3 Å². The van der Waals surface area contributed by atoms with E-state index in [4.69, 9.17) is 5.73 Å². The molecule has 0 aliphatic rings. The summed E-state index contributed by atoms with van der Waals surface area (Å²) in [7, 11) is -3.57. The predicted molar refractivity (Wildman–Crippen MR) is 76.3 cm³/mol. The van der Waals surface area contributed by atoms with E-state index >= 15 is 0 Å². The zero-order valence-electron chi connectivity index (χ0n) is 11.1. The first kappa shape index (κ1) is 14.7. The van der Waals surface area contributed by atoms with E-state index in [-0.39, 0.29) is 5.03 Å². The van der Waals surface area contributed by atoms with Crippen molar-refractivity contribution in [3.63, 3.8) is 0 Å². The van der Waals surface area contributed by atoms with Crippen LogP contribution in [0.4, 0.5) is 0 Å². The lowest BCUT2D eigenvalue weighted by Gasteiger charge is -2.21. The van der Waals surface area contributed by atoms with Crippen LogP contribution in [0.25, 0.3) is 0 Å². The smallest absolute Gasteiger partial charge is 0.260 e. The minimum Gasteiger partial charge on any atom is -0.335 e. The topological polar surface area (TPSA) is 92.1 Å². The van der Waals surface area contributed by atoms with Gasteiger partial charge in [0, 0.05) is 13.1 Å². The van der Waals surface area contributed by atoms with Crippen molar-refractivity contribution in [2.75, 3.05) is 13.1 Å². The van der Waals surface area contributed by atoms with Crippen molar-refractivity contribution in [1.82, 2.24) is 14.3 Å². The van der Waals surface area contributed by atoms with Crippen LogP contribution >= 0.6 is 0 Å². The molecule has 3 N–H and O–H groups in total. The summed E-state index contributed by atoms with van der Waals surface area (Å²) in [6, 6.07) is 9.48. The molecule has 2 rings (SSSR count). The fourth-order valence-corrected chi connectivity index (χ4v) is 3.22. The molecule has 0 aliphatic carbocycles. The van der Waals surface area contributed by atoms with Crippen LogP contribution in [0.15, 0.2) is 47.9 Å². The molecule has 1 heterocycles. The summed E-state index contributed by atoms with van der Waals surface area (Å²) in [5.41, 5.74) is 6.43. The molecular weight excluding hydrogens is 276 g/mol. The second-order valence-corrected chi connectivity index (χ2v) is 6.29. The van der Waals surface area contributed by atoms with Gasteiger partial charge < -0.3 is 10.7 Å². The normalized spacial score (nSPS) is 11.9. The molecule has 0 atom stereocenters. The zero-order valence-corrected chi connectivity index (χ0v) is 11.9. The lowest BCUT2D eigenvalue weighted by molar-refractivity contribution is 0.400. The fourth-order valence-electron chi connectivity index (χ4n) is 1.86. The van der Waals surface area contributed by atoms with Crippen molar-refractivity contribution in [2.45, 2.75) is 18.0 Å². The van der Waals surface area contributed by atoms with E-state index in [2.05, 4.69) is 9.97 Å². The number of rotatable bonds is 7. The van der Waals surface area contributed by atoms with Gasteiger partial charge in [-0.2, -0.15) is 4.31 Å². The van der Waals surface area contributed by atoms with Crippen molar-refractivity contribution in [2.24, 2.45) is 5.73 Å². The predicted octanol–water partition coefficient (Wildman–Crippen LogP) is 0.949. The maximum atomic E-state index is 12.5. The number of imidazole rings is 1. The van der Waals surface area contributed by atoms with Crippen LogP contribution in [0.1, 0.15) is 12.0 Å². The molecule has 0 saturated heterocycles. The van der Waals surface area contributed by atoms with Crippen LogP contribution < -0.4 is 5.73 Å². The second-order valence-electron chi connectivity index (χ2n) is 4.38. The Hall–Kier alpha value is -1.70. The number of sulfonamides is 1. The number of benzene rings is 1.